The van der Waals surface area contributed by atoms with Crippen LogP contribution in [0.2, 0.25) is 0 Å². The van der Waals surface area contributed by atoms with E-state index in [9.17, 15) is 14.7 Å². The molecule has 2 aromatic heterocycles. The maximum absolute atomic E-state index is 13.4. The molecule has 0 atom stereocenters. The molecule has 0 unspecified atom stereocenters. The Bertz CT molecular complexity index is 1740. The van der Waals surface area contributed by atoms with E-state index in [0.29, 0.717) is 52.4 Å². The third-order valence-electron chi connectivity index (χ3n) is 6.72. The van der Waals surface area contributed by atoms with Crippen molar-refractivity contribution < 1.29 is 24.2 Å². The van der Waals surface area contributed by atoms with Gasteiger partial charge in [0.05, 0.1) is 21.7 Å². The highest BCUT2D eigenvalue weighted by Gasteiger charge is 2.25. The van der Waals surface area contributed by atoms with Crippen LogP contribution >= 0.6 is 22.7 Å². The van der Waals surface area contributed by atoms with E-state index in [1.54, 1.807) is 17.0 Å². The van der Waals surface area contributed by atoms with Gasteiger partial charge >= 0.3 is 12.2 Å². The largest absolute Gasteiger partial charge is 0.512 e. The van der Waals surface area contributed by atoms with Gasteiger partial charge in [0.15, 0.2) is 5.13 Å². The number of rotatable bonds is 8. The number of carbonyl (C=O) groups is 2. The zero-order valence-corrected chi connectivity index (χ0v) is 24.0. The van der Waals surface area contributed by atoms with Crippen molar-refractivity contribution in [2.75, 3.05) is 29.1 Å². The molecular formula is C30H27N5O5S2. The van der Waals surface area contributed by atoms with Crippen molar-refractivity contribution in [1.82, 2.24) is 9.97 Å². The average molecular weight is 602 g/mol. The van der Waals surface area contributed by atoms with Crippen molar-refractivity contribution in [1.29, 1.82) is 0 Å². The molecule has 0 saturated carbocycles. The van der Waals surface area contributed by atoms with Gasteiger partial charge in [0, 0.05) is 29.5 Å². The number of hydrogen-bond acceptors (Lipinski definition) is 9. The number of aryl methyl sites for hydroxylation is 2. The molecular weight excluding hydrogens is 574 g/mol. The number of ether oxygens (including phenoxy) is 2. The van der Waals surface area contributed by atoms with Gasteiger partial charge in [-0.05, 0) is 61.6 Å². The van der Waals surface area contributed by atoms with Crippen LogP contribution in [0.25, 0.3) is 20.8 Å². The summed E-state index contributed by atoms with van der Waals surface area (Å²) >= 11 is 2.80. The molecule has 0 spiro atoms. The topological polar surface area (TPSA) is 140 Å². The molecule has 1 aliphatic rings. The van der Waals surface area contributed by atoms with Gasteiger partial charge in [-0.25, -0.2) is 19.6 Å². The van der Waals surface area contributed by atoms with Crippen LogP contribution in [-0.2, 0) is 12.8 Å². The normalized spacial score (nSPS) is 12.6. The highest BCUT2D eigenvalue weighted by atomic mass is 32.1. The second-order valence-corrected chi connectivity index (χ2v) is 11.8. The minimum Gasteiger partial charge on any atom is -0.494 e. The Kier molecular flexibility index (Phi) is 7.89. The lowest BCUT2D eigenvalue weighted by Crippen LogP contribution is -2.38. The summed E-state index contributed by atoms with van der Waals surface area (Å²) < 4.78 is 11.8. The average Bonchev–Trinajstić information content (AvgIpc) is 3.57. The van der Waals surface area contributed by atoms with Gasteiger partial charge in [0.2, 0.25) is 5.88 Å². The van der Waals surface area contributed by atoms with Gasteiger partial charge in [0.1, 0.15) is 10.8 Å². The second-order valence-electron chi connectivity index (χ2n) is 9.66. The molecule has 0 radical (unpaired) electrons. The fourth-order valence-electron chi connectivity index (χ4n) is 4.81. The van der Waals surface area contributed by atoms with Crippen molar-refractivity contribution in [3.8, 4) is 22.2 Å². The minimum absolute atomic E-state index is 0.0645. The van der Waals surface area contributed by atoms with Crippen molar-refractivity contribution >= 4 is 61.6 Å². The number of urea groups is 1. The van der Waals surface area contributed by atoms with E-state index in [0.717, 1.165) is 39.9 Å². The molecule has 5 aromatic rings. The van der Waals surface area contributed by atoms with Crippen molar-refractivity contribution in [2.45, 2.75) is 25.7 Å². The van der Waals surface area contributed by atoms with E-state index in [-0.39, 0.29) is 11.9 Å². The van der Waals surface area contributed by atoms with E-state index < -0.39 is 6.16 Å². The van der Waals surface area contributed by atoms with Gasteiger partial charge in [-0.2, -0.15) is 0 Å². The van der Waals surface area contributed by atoms with Crippen LogP contribution in [0.15, 0.2) is 66.7 Å². The maximum atomic E-state index is 13.4. The van der Waals surface area contributed by atoms with Gasteiger partial charge in [-0.1, -0.05) is 41.7 Å². The summed E-state index contributed by atoms with van der Waals surface area (Å²) in [6.07, 6.45) is 1.41. The number of aromatic nitrogens is 2. The molecule has 6 rings (SSSR count). The first-order valence-electron chi connectivity index (χ1n) is 13.4. The summed E-state index contributed by atoms with van der Waals surface area (Å²) in [5.41, 5.74) is 9.90. The smallest absolute Gasteiger partial charge is 0.494 e. The highest BCUT2D eigenvalue weighted by Crippen LogP contribution is 2.38. The Labute approximate surface area is 249 Å². The lowest BCUT2D eigenvalue weighted by molar-refractivity contribution is 0.142. The lowest BCUT2D eigenvalue weighted by atomic mass is 10.00. The third-order valence-corrected chi connectivity index (χ3v) is 8.82. The number of thiazole rings is 2. The van der Waals surface area contributed by atoms with E-state index in [1.807, 2.05) is 54.6 Å². The van der Waals surface area contributed by atoms with Gasteiger partial charge in [0.25, 0.3) is 0 Å². The third kappa shape index (κ3) is 6.14. The number of para-hydroxylation sites is 1. The van der Waals surface area contributed by atoms with Gasteiger partial charge < -0.3 is 20.3 Å². The first-order chi connectivity index (χ1) is 20.4. The molecule has 1 aliphatic heterocycles. The summed E-state index contributed by atoms with van der Waals surface area (Å²) in [4.78, 5) is 36.2. The Morgan fingerprint density at radius 1 is 1.05 bits per heavy atom. The SMILES string of the molecule is Nc1cccc(OCCCc2sc(-c3ccc4c(c3)N(C(=O)Nc3nc5ccccc5s3)CCC4)nc2OC(=O)O)c1. The van der Waals surface area contributed by atoms with Crippen LogP contribution < -0.4 is 25.4 Å². The van der Waals surface area contributed by atoms with E-state index in [4.69, 9.17) is 15.2 Å². The molecule has 214 valence electrons. The Morgan fingerprint density at radius 3 is 2.76 bits per heavy atom. The van der Waals surface area contributed by atoms with E-state index >= 15 is 0 Å². The van der Waals surface area contributed by atoms with Crippen molar-refractivity contribution in [3.05, 3.63) is 77.2 Å². The predicted octanol–water partition coefficient (Wildman–Crippen LogP) is 7.06. The molecule has 0 saturated heterocycles. The van der Waals surface area contributed by atoms with Crippen LogP contribution in [0.1, 0.15) is 23.3 Å². The summed E-state index contributed by atoms with van der Waals surface area (Å²) in [5.74, 6) is 0.738. The predicted molar refractivity (Wildman–Crippen MR) is 165 cm³/mol. The number of amides is 2. The Morgan fingerprint density at radius 2 is 1.93 bits per heavy atom. The number of carboxylic acid groups (broad SMARTS) is 1. The summed E-state index contributed by atoms with van der Waals surface area (Å²) in [6.45, 7) is 0.984. The van der Waals surface area contributed by atoms with Crippen LogP contribution in [-0.4, -0.2) is 40.4 Å². The standard InChI is InChI=1S/C30H27N5O5S2/c31-20-7-3-8-21(17-20)39-15-5-11-25-26(40-30(37)38)33-27(41-25)19-13-12-18-6-4-14-35(23(18)16-19)29(36)34-28-32-22-9-1-2-10-24(22)42-28/h1-3,7-10,12-13,16-17H,4-6,11,14-15,31H2,(H,37,38)(H,32,34,36). The number of hydrogen-bond donors (Lipinski definition) is 3. The van der Waals surface area contributed by atoms with Gasteiger partial charge in [-0.15, -0.1) is 11.3 Å². The quantitative estimate of drug-likeness (QED) is 0.0976. The second kappa shape index (κ2) is 12.0. The Balaban J connectivity index is 1.20. The minimum atomic E-state index is -1.42. The number of nitrogens with zero attached hydrogens (tertiary/aromatic N) is 3. The lowest BCUT2D eigenvalue weighted by Gasteiger charge is -2.29. The van der Waals surface area contributed by atoms with Crippen LogP contribution in [0, 0.1) is 0 Å². The Hall–Kier alpha value is -4.68. The molecule has 3 aromatic carbocycles. The number of nitrogens with two attached hydrogens (primary N) is 1. The van der Waals surface area contributed by atoms with E-state index in [2.05, 4.69) is 15.3 Å². The highest BCUT2D eigenvalue weighted by molar-refractivity contribution is 7.22. The van der Waals surface area contributed by atoms with Gasteiger partial charge in [-0.3, -0.25) is 10.2 Å². The number of fused-ring (bicyclic) bond motifs is 2. The number of carbonyl (C=O) groups excluding carboxylic acids is 1. The molecule has 0 aliphatic carbocycles. The molecule has 3 heterocycles. The molecule has 42 heavy (non-hydrogen) atoms. The maximum Gasteiger partial charge on any atom is 0.512 e. The molecule has 12 heteroatoms. The first-order valence-corrected chi connectivity index (χ1v) is 15.0. The van der Waals surface area contributed by atoms with E-state index in [1.165, 1.54) is 22.7 Å². The number of nitrogens with one attached hydrogen (secondary N) is 1. The van der Waals surface area contributed by atoms with Crippen LogP contribution in [0.4, 0.5) is 26.1 Å². The fourth-order valence-corrected chi connectivity index (χ4v) is 6.70. The molecule has 4 N–H and O–H groups in total. The van der Waals surface area contributed by atoms with Crippen LogP contribution in [0.3, 0.4) is 0 Å². The molecule has 10 nitrogen and oxygen atoms in total. The van der Waals surface area contributed by atoms with Crippen molar-refractivity contribution in [3.63, 3.8) is 0 Å². The monoisotopic (exact) mass is 601 g/mol. The zero-order valence-electron chi connectivity index (χ0n) is 22.4. The van der Waals surface area contributed by atoms with Crippen molar-refractivity contribution in [2.24, 2.45) is 0 Å². The summed E-state index contributed by atoms with van der Waals surface area (Å²) in [7, 11) is 0. The summed E-state index contributed by atoms with van der Waals surface area (Å²) in [5, 5.41) is 13.4. The summed E-state index contributed by atoms with van der Waals surface area (Å²) in [6, 6.07) is 20.6. The number of benzene rings is 3. The number of nitrogen functional groups attached to an aromatic ring is 1. The van der Waals surface area contributed by atoms with Crippen LogP contribution in [0.5, 0.6) is 11.6 Å². The first kappa shape index (κ1) is 27.5. The number of anilines is 3. The zero-order chi connectivity index (χ0) is 29.1. The fraction of sp³-hybridized carbons (Fsp3) is 0.200. The molecule has 0 bridgehead atoms. The molecule has 0 fully saturated rings. The molecule has 2 amide bonds.